The van der Waals surface area contributed by atoms with E-state index in [0.29, 0.717) is 29.6 Å². The normalized spacial score (nSPS) is 17.5. The Bertz CT molecular complexity index is 475. The Morgan fingerprint density at radius 2 is 2.24 bits per heavy atom. The Hall–Kier alpha value is -1.97. The maximum absolute atomic E-state index is 11.5. The van der Waals surface area contributed by atoms with E-state index in [2.05, 4.69) is 23.8 Å². The van der Waals surface area contributed by atoms with Gasteiger partial charge >= 0.3 is 5.97 Å². The van der Waals surface area contributed by atoms with Crippen LogP contribution in [-0.2, 0) is 9.53 Å². The zero-order chi connectivity index (χ0) is 12.3. The number of hydrogen-bond donors (Lipinski definition) is 0. The SMILES string of the molecule is CC(C)CC1=N/C(=C/c2ccccn2)C(=O)O1. The smallest absolute Gasteiger partial charge is 0.363 e. The van der Waals surface area contributed by atoms with E-state index >= 15 is 0 Å². The van der Waals surface area contributed by atoms with Gasteiger partial charge in [-0.3, -0.25) is 4.98 Å². The van der Waals surface area contributed by atoms with E-state index in [1.54, 1.807) is 12.3 Å². The van der Waals surface area contributed by atoms with Gasteiger partial charge in [0.05, 0.1) is 5.69 Å². The molecule has 4 nitrogen and oxygen atoms in total. The van der Waals surface area contributed by atoms with Crippen molar-refractivity contribution in [3.05, 3.63) is 35.8 Å². The van der Waals surface area contributed by atoms with Crippen LogP contribution in [0.2, 0.25) is 0 Å². The van der Waals surface area contributed by atoms with Gasteiger partial charge in [0.1, 0.15) is 0 Å². The summed E-state index contributed by atoms with van der Waals surface area (Å²) in [6.07, 6.45) is 3.98. The molecule has 4 heteroatoms. The molecule has 0 saturated heterocycles. The number of pyridine rings is 1. The molecule has 0 unspecified atom stereocenters. The summed E-state index contributed by atoms with van der Waals surface area (Å²) in [6, 6.07) is 5.50. The third kappa shape index (κ3) is 3.00. The molecule has 17 heavy (non-hydrogen) atoms. The first-order chi connectivity index (χ1) is 8.15. The minimum Gasteiger partial charge on any atom is -0.407 e. The van der Waals surface area contributed by atoms with E-state index in [1.807, 2.05) is 18.2 Å². The molecule has 0 spiro atoms. The Labute approximate surface area is 100 Å². The van der Waals surface area contributed by atoms with Crippen molar-refractivity contribution < 1.29 is 9.53 Å². The minimum absolute atomic E-state index is 0.319. The van der Waals surface area contributed by atoms with E-state index in [1.165, 1.54) is 0 Å². The number of aromatic nitrogens is 1. The second kappa shape index (κ2) is 4.91. The van der Waals surface area contributed by atoms with Gasteiger partial charge in [-0.2, -0.15) is 0 Å². The summed E-state index contributed by atoms with van der Waals surface area (Å²) in [4.78, 5) is 19.8. The lowest BCUT2D eigenvalue weighted by Crippen LogP contribution is -2.06. The molecule has 0 amide bonds. The van der Waals surface area contributed by atoms with Crippen LogP contribution in [0, 0.1) is 5.92 Å². The summed E-state index contributed by atoms with van der Waals surface area (Å²) in [5.41, 5.74) is 1.02. The highest BCUT2D eigenvalue weighted by molar-refractivity contribution is 6.07. The van der Waals surface area contributed by atoms with Gasteiger partial charge in [-0.05, 0) is 24.1 Å². The summed E-state index contributed by atoms with van der Waals surface area (Å²) < 4.78 is 5.07. The van der Waals surface area contributed by atoms with Crippen molar-refractivity contribution >= 4 is 17.9 Å². The van der Waals surface area contributed by atoms with E-state index in [4.69, 9.17) is 4.74 Å². The molecule has 0 aromatic carbocycles. The molecule has 1 aromatic heterocycles. The molecule has 2 rings (SSSR count). The number of carbonyl (C=O) groups is 1. The molecule has 0 bridgehead atoms. The van der Waals surface area contributed by atoms with Gasteiger partial charge < -0.3 is 4.74 Å². The molecule has 2 heterocycles. The Kier molecular flexibility index (Phi) is 3.32. The van der Waals surface area contributed by atoms with Gasteiger partial charge in [0.15, 0.2) is 11.6 Å². The third-order valence-corrected chi connectivity index (χ3v) is 2.22. The fourth-order valence-corrected chi connectivity index (χ4v) is 1.49. The van der Waals surface area contributed by atoms with Crippen LogP contribution in [0.25, 0.3) is 6.08 Å². The molecule has 88 valence electrons. The third-order valence-electron chi connectivity index (χ3n) is 2.22. The summed E-state index contributed by atoms with van der Waals surface area (Å²) in [7, 11) is 0. The van der Waals surface area contributed by atoms with Gasteiger partial charge in [-0.15, -0.1) is 0 Å². The predicted octanol–water partition coefficient (Wildman–Crippen LogP) is 2.42. The Balaban J connectivity index is 2.19. The topological polar surface area (TPSA) is 51.5 Å². The van der Waals surface area contributed by atoms with Gasteiger partial charge in [0.2, 0.25) is 0 Å². The molecular weight excluding hydrogens is 216 g/mol. The lowest BCUT2D eigenvalue weighted by Gasteiger charge is -2.01. The highest BCUT2D eigenvalue weighted by atomic mass is 16.6. The molecule has 1 aliphatic rings. The van der Waals surface area contributed by atoms with E-state index in [-0.39, 0.29) is 0 Å². The van der Waals surface area contributed by atoms with Crippen molar-refractivity contribution in [2.75, 3.05) is 0 Å². The summed E-state index contributed by atoms with van der Waals surface area (Å²) in [5, 5.41) is 0. The second-order valence-corrected chi connectivity index (χ2v) is 4.28. The molecule has 0 fully saturated rings. The van der Waals surface area contributed by atoms with Crippen molar-refractivity contribution in [2.45, 2.75) is 20.3 Å². The summed E-state index contributed by atoms with van der Waals surface area (Å²) >= 11 is 0. The summed E-state index contributed by atoms with van der Waals surface area (Å²) in [6.45, 7) is 4.10. The van der Waals surface area contributed by atoms with Gasteiger partial charge in [-0.25, -0.2) is 9.79 Å². The quantitative estimate of drug-likeness (QED) is 0.592. The van der Waals surface area contributed by atoms with Crippen molar-refractivity contribution in [3.63, 3.8) is 0 Å². The lowest BCUT2D eigenvalue weighted by molar-refractivity contribution is -0.130. The van der Waals surface area contributed by atoms with Crippen LogP contribution < -0.4 is 0 Å². The predicted molar refractivity (Wildman–Crippen MR) is 65.2 cm³/mol. The van der Waals surface area contributed by atoms with Crippen LogP contribution in [0.4, 0.5) is 0 Å². The number of cyclic esters (lactones) is 1. The fraction of sp³-hybridized carbons (Fsp3) is 0.308. The maximum atomic E-state index is 11.5. The summed E-state index contributed by atoms with van der Waals surface area (Å²) in [5.74, 6) is 0.509. The zero-order valence-corrected chi connectivity index (χ0v) is 9.88. The highest BCUT2D eigenvalue weighted by Gasteiger charge is 2.23. The molecule has 0 saturated carbocycles. The molecule has 0 radical (unpaired) electrons. The van der Waals surface area contributed by atoms with Crippen LogP contribution in [-0.4, -0.2) is 16.9 Å². The number of hydrogen-bond acceptors (Lipinski definition) is 4. The molecule has 0 aliphatic carbocycles. The first kappa shape index (κ1) is 11.5. The number of aliphatic imine (C=N–C) groups is 1. The van der Waals surface area contributed by atoms with E-state index in [9.17, 15) is 4.79 Å². The first-order valence-corrected chi connectivity index (χ1v) is 5.57. The molecule has 1 aromatic rings. The largest absolute Gasteiger partial charge is 0.407 e. The van der Waals surface area contributed by atoms with E-state index < -0.39 is 5.97 Å². The average molecular weight is 230 g/mol. The molecular formula is C13H14N2O2. The van der Waals surface area contributed by atoms with E-state index in [0.717, 1.165) is 0 Å². The fourth-order valence-electron chi connectivity index (χ4n) is 1.49. The Morgan fingerprint density at radius 3 is 2.88 bits per heavy atom. The monoisotopic (exact) mass is 230 g/mol. The van der Waals surface area contributed by atoms with Gasteiger partial charge in [-0.1, -0.05) is 19.9 Å². The number of nitrogens with zero attached hydrogens (tertiary/aromatic N) is 2. The highest BCUT2D eigenvalue weighted by Crippen LogP contribution is 2.17. The molecule has 1 aliphatic heterocycles. The lowest BCUT2D eigenvalue weighted by atomic mass is 10.1. The number of esters is 1. The minimum atomic E-state index is -0.397. The maximum Gasteiger partial charge on any atom is 0.363 e. The zero-order valence-electron chi connectivity index (χ0n) is 9.88. The van der Waals surface area contributed by atoms with Gasteiger partial charge in [0.25, 0.3) is 0 Å². The van der Waals surface area contributed by atoms with Crippen molar-refractivity contribution in [1.29, 1.82) is 0 Å². The van der Waals surface area contributed by atoms with Crippen LogP contribution >= 0.6 is 0 Å². The van der Waals surface area contributed by atoms with Crippen LogP contribution in [0.15, 0.2) is 35.1 Å². The van der Waals surface area contributed by atoms with Gasteiger partial charge in [0, 0.05) is 12.6 Å². The number of carbonyl (C=O) groups excluding carboxylic acids is 1. The van der Waals surface area contributed by atoms with Crippen LogP contribution in [0.3, 0.4) is 0 Å². The molecule has 0 N–H and O–H groups in total. The van der Waals surface area contributed by atoms with Crippen LogP contribution in [0.1, 0.15) is 26.0 Å². The van der Waals surface area contributed by atoms with Crippen molar-refractivity contribution in [3.8, 4) is 0 Å². The Morgan fingerprint density at radius 1 is 1.41 bits per heavy atom. The van der Waals surface area contributed by atoms with Crippen molar-refractivity contribution in [2.24, 2.45) is 10.9 Å². The molecule has 0 atom stereocenters. The standard InChI is InChI=1S/C13H14N2O2/c1-9(2)7-12-15-11(13(16)17-12)8-10-5-3-4-6-14-10/h3-6,8-9H,7H2,1-2H3/b11-8+. The number of ether oxygens (including phenoxy) is 1. The van der Waals surface area contributed by atoms with Crippen molar-refractivity contribution in [1.82, 2.24) is 4.98 Å². The second-order valence-electron chi connectivity index (χ2n) is 4.28. The first-order valence-electron chi connectivity index (χ1n) is 5.57. The van der Waals surface area contributed by atoms with Crippen LogP contribution in [0.5, 0.6) is 0 Å². The number of rotatable bonds is 3. The average Bonchev–Trinajstić information content (AvgIpc) is 2.59.